The molecule has 0 saturated carbocycles. The number of phenolic OH excluding ortho intramolecular Hbond substituents is 1. The lowest BCUT2D eigenvalue weighted by Gasteiger charge is -2.30. The Morgan fingerprint density at radius 1 is 1.17 bits per heavy atom. The van der Waals surface area contributed by atoms with Crippen LogP contribution in [0.25, 0.3) is 5.70 Å². The average Bonchev–Trinajstić information content (AvgIpc) is 2.74. The van der Waals surface area contributed by atoms with E-state index in [4.69, 9.17) is 14.2 Å². The number of esters is 1. The fraction of sp³-hybridized carbons (Fsp3) is 0.238. The first kappa shape index (κ1) is 21.5. The molecule has 1 heterocycles. The van der Waals surface area contributed by atoms with E-state index in [-0.39, 0.29) is 34.9 Å². The van der Waals surface area contributed by atoms with Gasteiger partial charge in [0.25, 0.3) is 0 Å². The van der Waals surface area contributed by atoms with E-state index in [1.54, 1.807) is 50.4 Å². The van der Waals surface area contributed by atoms with E-state index in [0.717, 1.165) is 0 Å². The molecule has 1 aliphatic heterocycles. The maximum absolute atomic E-state index is 12.9. The topological polar surface area (TPSA) is 106 Å². The molecule has 0 aliphatic carbocycles. The van der Waals surface area contributed by atoms with Crippen molar-refractivity contribution < 1.29 is 28.9 Å². The summed E-state index contributed by atoms with van der Waals surface area (Å²) in [6.07, 6.45) is 0. The second-order valence-electron chi connectivity index (χ2n) is 6.32. The summed E-state index contributed by atoms with van der Waals surface area (Å²) in [7, 11) is 2.96. The molecule has 2 aromatic rings. The third-order valence-corrected chi connectivity index (χ3v) is 5.00. The Morgan fingerprint density at radius 3 is 2.47 bits per heavy atom. The number of nitrogens with one attached hydrogen (secondary N) is 2. The zero-order valence-electron chi connectivity index (χ0n) is 16.6. The van der Waals surface area contributed by atoms with Crippen molar-refractivity contribution in [2.45, 2.75) is 13.0 Å². The van der Waals surface area contributed by atoms with Crippen LogP contribution in [-0.2, 0) is 9.53 Å². The highest BCUT2D eigenvalue weighted by Crippen LogP contribution is 2.42. The molecule has 0 radical (unpaired) electrons. The molecule has 0 aromatic heterocycles. The molecular formula is C21H21BrN2O6. The fourth-order valence-electron chi connectivity index (χ4n) is 3.18. The van der Waals surface area contributed by atoms with E-state index >= 15 is 0 Å². The maximum atomic E-state index is 12.9. The summed E-state index contributed by atoms with van der Waals surface area (Å²) in [5.41, 5.74) is 1.30. The van der Waals surface area contributed by atoms with Gasteiger partial charge in [-0.15, -0.1) is 0 Å². The molecule has 0 bridgehead atoms. The molecule has 0 saturated heterocycles. The molecule has 30 heavy (non-hydrogen) atoms. The smallest absolute Gasteiger partial charge is 0.338 e. The number of rotatable bonds is 6. The first-order valence-corrected chi connectivity index (χ1v) is 9.88. The van der Waals surface area contributed by atoms with Crippen molar-refractivity contribution in [3.63, 3.8) is 0 Å². The molecule has 158 valence electrons. The van der Waals surface area contributed by atoms with Crippen molar-refractivity contribution in [1.82, 2.24) is 10.6 Å². The number of benzene rings is 2. The number of hydrogen-bond acceptors (Lipinski definition) is 6. The van der Waals surface area contributed by atoms with E-state index in [1.807, 2.05) is 0 Å². The molecule has 0 spiro atoms. The van der Waals surface area contributed by atoms with Gasteiger partial charge in [-0.1, -0.05) is 15.9 Å². The van der Waals surface area contributed by atoms with Crippen molar-refractivity contribution >= 4 is 33.6 Å². The third kappa shape index (κ3) is 4.20. The highest BCUT2D eigenvalue weighted by molar-refractivity contribution is 9.10. The number of ether oxygens (including phenoxy) is 3. The van der Waals surface area contributed by atoms with Gasteiger partial charge in [0, 0.05) is 10.0 Å². The molecule has 0 fully saturated rings. The Bertz CT molecular complexity index is 1000. The molecule has 9 heteroatoms. The van der Waals surface area contributed by atoms with Crippen LogP contribution in [0.2, 0.25) is 0 Å². The van der Waals surface area contributed by atoms with Crippen LogP contribution in [0.4, 0.5) is 4.79 Å². The number of phenols is 1. The number of urea groups is 1. The Morgan fingerprint density at radius 2 is 1.87 bits per heavy atom. The summed E-state index contributed by atoms with van der Waals surface area (Å²) in [5.74, 6) is 0.00696. The summed E-state index contributed by atoms with van der Waals surface area (Å²) < 4.78 is 16.2. The largest absolute Gasteiger partial charge is 0.504 e. The van der Waals surface area contributed by atoms with Crippen molar-refractivity contribution in [2.24, 2.45) is 0 Å². The minimum atomic E-state index is -0.971. The predicted octanol–water partition coefficient (Wildman–Crippen LogP) is 3.50. The molecule has 2 amide bonds. The van der Waals surface area contributed by atoms with Crippen LogP contribution in [0.3, 0.4) is 0 Å². The first-order chi connectivity index (χ1) is 14.4. The van der Waals surface area contributed by atoms with Gasteiger partial charge in [0.05, 0.1) is 38.1 Å². The highest BCUT2D eigenvalue weighted by Gasteiger charge is 2.36. The summed E-state index contributed by atoms with van der Waals surface area (Å²) in [6, 6.07) is 8.56. The van der Waals surface area contributed by atoms with E-state index < -0.39 is 18.0 Å². The van der Waals surface area contributed by atoms with E-state index in [9.17, 15) is 14.7 Å². The van der Waals surface area contributed by atoms with E-state index in [0.29, 0.717) is 15.8 Å². The third-order valence-electron chi connectivity index (χ3n) is 4.55. The number of halogens is 1. The number of methoxy groups -OCH3 is 2. The van der Waals surface area contributed by atoms with Crippen molar-refractivity contribution in [1.29, 1.82) is 0 Å². The molecule has 3 N–H and O–H groups in total. The molecule has 1 atom stereocenters. The number of carbonyl (C=O) groups is 2. The SMILES string of the molecule is CCOC(=O)C1=C(c2ccc(OC)cc2)NC(=O)NC1c1cc(Br)cc(OC)c1O. The number of carbonyl (C=O) groups excluding carboxylic acids is 2. The molecule has 8 nitrogen and oxygen atoms in total. The summed E-state index contributed by atoms with van der Waals surface area (Å²) in [5, 5.41) is 16.1. The van der Waals surface area contributed by atoms with Crippen LogP contribution in [0, 0.1) is 0 Å². The molecule has 3 rings (SSSR count). The zero-order valence-corrected chi connectivity index (χ0v) is 18.2. The zero-order chi connectivity index (χ0) is 21.8. The minimum absolute atomic E-state index is 0.146. The lowest BCUT2D eigenvalue weighted by atomic mass is 9.92. The van der Waals surface area contributed by atoms with Gasteiger partial charge >= 0.3 is 12.0 Å². The van der Waals surface area contributed by atoms with Crippen LogP contribution in [0.5, 0.6) is 17.2 Å². The Labute approximate surface area is 182 Å². The molecular weight excluding hydrogens is 456 g/mol. The Kier molecular flexibility index (Phi) is 6.51. The number of hydrogen-bond donors (Lipinski definition) is 3. The second kappa shape index (κ2) is 9.08. The van der Waals surface area contributed by atoms with Crippen LogP contribution < -0.4 is 20.1 Å². The monoisotopic (exact) mass is 476 g/mol. The summed E-state index contributed by atoms with van der Waals surface area (Å²) >= 11 is 3.37. The summed E-state index contributed by atoms with van der Waals surface area (Å²) in [4.78, 5) is 25.4. The average molecular weight is 477 g/mol. The highest BCUT2D eigenvalue weighted by atomic mass is 79.9. The molecule has 1 aliphatic rings. The number of aromatic hydroxyl groups is 1. The quantitative estimate of drug-likeness (QED) is 0.550. The van der Waals surface area contributed by atoms with Gasteiger partial charge in [-0.05, 0) is 48.9 Å². The predicted molar refractivity (Wildman–Crippen MR) is 113 cm³/mol. The normalized spacial score (nSPS) is 15.9. The minimum Gasteiger partial charge on any atom is -0.504 e. The van der Waals surface area contributed by atoms with Crippen molar-refractivity contribution in [3.05, 3.63) is 57.6 Å². The van der Waals surface area contributed by atoms with E-state index in [1.165, 1.54) is 7.11 Å². The maximum Gasteiger partial charge on any atom is 0.338 e. The van der Waals surface area contributed by atoms with Crippen molar-refractivity contribution in [2.75, 3.05) is 20.8 Å². The first-order valence-electron chi connectivity index (χ1n) is 9.09. The Hall–Kier alpha value is -3.20. The lowest BCUT2D eigenvalue weighted by Crippen LogP contribution is -2.45. The molecule has 1 unspecified atom stereocenters. The number of amides is 2. The van der Waals surface area contributed by atoms with Crippen LogP contribution >= 0.6 is 15.9 Å². The second-order valence-corrected chi connectivity index (χ2v) is 7.23. The lowest BCUT2D eigenvalue weighted by molar-refractivity contribution is -0.138. The van der Waals surface area contributed by atoms with Gasteiger partial charge in [0.15, 0.2) is 11.5 Å². The standard InChI is InChI=1S/C21H21BrN2O6/c1-4-30-20(26)16-17(11-5-7-13(28-2)8-6-11)23-21(27)24-18(16)14-9-12(22)10-15(29-3)19(14)25/h5-10,18,25H,4H2,1-3H3,(H2,23,24,27). The van der Waals surface area contributed by atoms with Gasteiger partial charge < -0.3 is 30.0 Å². The van der Waals surface area contributed by atoms with Gasteiger partial charge in [-0.3, -0.25) is 0 Å². The van der Waals surface area contributed by atoms with E-state index in [2.05, 4.69) is 26.6 Å². The van der Waals surface area contributed by atoms with Gasteiger partial charge in [-0.2, -0.15) is 0 Å². The van der Waals surface area contributed by atoms with Gasteiger partial charge in [0.2, 0.25) is 0 Å². The van der Waals surface area contributed by atoms with Crippen LogP contribution in [0.1, 0.15) is 24.1 Å². The van der Waals surface area contributed by atoms with Crippen LogP contribution in [-0.4, -0.2) is 37.9 Å². The molecule has 2 aromatic carbocycles. The van der Waals surface area contributed by atoms with Crippen LogP contribution in [0.15, 0.2) is 46.4 Å². The fourth-order valence-corrected chi connectivity index (χ4v) is 3.64. The Balaban J connectivity index is 2.24. The van der Waals surface area contributed by atoms with Gasteiger partial charge in [-0.25, -0.2) is 9.59 Å². The summed E-state index contributed by atoms with van der Waals surface area (Å²) in [6.45, 7) is 1.83. The van der Waals surface area contributed by atoms with Crippen molar-refractivity contribution in [3.8, 4) is 17.2 Å². The van der Waals surface area contributed by atoms with Gasteiger partial charge in [0.1, 0.15) is 5.75 Å².